The molecule has 0 spiro atoms. The Morgan fingerprint density at radius 2 is 1.71 bits per heavy atom. The molecule has 0 aliphatic rings. The van der Waals surface area contributed by atoms with Crippen LogP contribution >= 0.6 is 46.4 Å². The average molecular weight is 523 g/mol. The third kappa shape index (κ3) is 8.04. The van der Waals surface area contributed by atoms with Gasteiger partial charge in [0.2, 0.25) is 0 Å². The van der Waals surface area contributed by atoms with Crippen LogP contribution in [0.3, 0.4) is 0 Å². The van der Waals surface area contributed by atoms with Crippen LogP contribution in [0.2, 0.25) is 5.02 Å². The van der Waals surface area contributed by atoms with E-state index in [1.54, 1.807) is 12.1 Å². The minimum absolute atomic E-state index is 0.323. The molecule has 0 heterocycles. The van der Waals surface area contributed by atoms with Gasteiger partial charge in [-0.1, -0.05) is 0 Å². The topological polar surface area (TPSA) is 53.5 Å². The monoisotopic (exact) mass is 522 g/mol. The number of aliphatic imine (C=N–C) groups is 1. The molecule has 0 aliphatic heterocycles. The van der Waals surface area contributed by atoms with Crippen molar-refractivity contribution in [1.29, 1.82) is 0 Å². The van der Waals surface area contributed by atoms with Crippen molar-refractivity contribution in [3.8, 4) is 0 Å². The fourth-order valence-electron chi connectivity index (χ4n) is 2.08. The van der Waals surface area contributed by atoms with E-state index in [2.05, 4.69) is 31.6 Å². The van der Waals surface area contributed by atoms with Gasteiger partial charge in [-0.15, -0.1) is 0 Å². The van der Waals surface area contributed by atoms with E-state index in [0.717, 1.165) is 11.1 Å². The molecule has 0 saturated heterocycles. The van der Waals surface area contributed by atoms with E-state index in [0.29, 0.717) is 16.3 Å². The zero-order chi connectivity index (χ0) is 20.6. The van der Waals surface area contributed by atoms with Gasteiger partial charge in [0.1, 0.15) is 0 Å². The van der Waals surface area contributed by atoms with E-state index in [-0.39, 0.29) is 0 Å². The molecule has 2 rings (SSSR count). The van der Waals surface area contributed by atoms with Gasteiger partial charge in [0.15, 0.2) is 0 Å². The van der Waals surface area contributed by atoms with Crippen LogP contribution in [0.15, 0.2) is 65.7 Å². The number of carbonyl (C=O) groups excluding carboxylic acids is 1. The molecule has 1 unspecified atom stereocenters. The Morgan fingerprint density at radius 3 is 2.36 bits per heavy atom. The van der Waals surface area contributed by atoms with Crippen molar-refractivity contribution in [2.75, 3.05) is 0 Å². The second-order valence-electron chi connectivity index (χ2n) is 5.58. The summed E-state index contributed by atoms with van der Waals surface area (Å²) in [5.41, 5.74) is 1.72. The first-order chi connectivity index (χ1) is 13.3. The van der Waals surface area contributed by atoms with Crippen LogP contribution < -0.4 is 10.6 Å². The van der Waals surface area contributed by atoms with E-state index in [4.69, 9.17) is 46.4 Å². The zero-order valence-corrected chi connectivity index (χ0v) is 19.1. The summed E-state index contributed by atoms with van der Waals surface area (Å²) in [7, 11) is 0. The maximum atomic E-state index is 12.2. The van der Waals surface area contributed by atoms with Gasteiger partial charge in [-0.25, -0.2) is 0 Å². The van der Waals surface area contributed by atoms with Gasteiger partial charge in [0.05, 0.1) is 0 Å². The third-order valence-electron chi connectivity index (χ3n) is 3.46. The summed E-state index contributed by atoms with van der Waals surface area (Å²) in [5.74, 6) is -0.424. The molecule has 9 heteroatoms. The molecule has 0 fully saturated rings. The Balaban J connectivity index is 2.01. The van der Waals surface area contributed by atoms with Crippen LogP contribution in [0.5, 0.6) is 0 Å². The summed E-state index contributed by atoms with van der Waals surface area (Å²) in [5, 5.41) is 6.08. The Labute approximate surface area is 192 Å². The molecule has 0 bridgehead atoms. The Bertz CT molecular complexity index is 854. The number of amides is 1. The molecule has 147 valence electrons. The number of amidine groups is 1. The van der Waals surface area contributed by atoms with E-state index in [1.165, 1.54) is 6.08 Å². The number of hydrogen-bond acceptors (Lipinski definition) is 2. The van der Waals surface area contributed by atoms with Gasteiger partial charge in [-0.3, -0.25) is 0 Å². The first-order valence-electron chi connectivity index (χ1n) is 8.07. The number of hydrogen-bond donors (Lipinski definition) is 2. The number of alkyl halides is 3. The molecule has 0 aliphatic carbocycles. The Hall–Kier alpha value is -1.20. The van der Waals surface area contributed by atoms with Crippen LogP contribution in [-0.2, 0) is 11.3 Å². The average Bonchev–Trinajstić information content (AvgIpc) is 2.65. The van der Waals surface area contributed by atoms with Crippen molar-refractivity contribution >= 4 is 79.1 Å². The Kier molecular flexibility index (Phi) is 9.15. The van der Waals surface area contributed by atoms with Crippen LogP contribution in [-0.4, -0.2) is 36.6 Å². The molecular weight excluding hydrogens is 507 g/mol. The second kappa shape index (κ2) is 11.1. The predicted molar refractivity (Wildman–Crippen MR) is 119 cm³/mol. The molecule has 28 heavy (non-hydrogen) atoms. The molecule has 2 aromatic rings. The molecule has 2 aromatic carbocycles. The van der Waals surface area contributed by atoms with E-state index in [1.807, 2.05) is 48.5 Å². The maximum absolute atomic E-state index is 12.2. The Morgan fingerprint density at radius 1 is 1.07 bits per heavy atom. The van der Waals surface area contributed by atoms with Crippen LogP contribution in [0.4, 0.5) is 0 Å². The molecule has 4 nitrogen and oxygen atoms in total. The van der Waals surface area contributed by atoms with Crippen LogP contribution in [0.1, 0.15) is 11.1 Å². The number of nitrogens with one attached hydrogen (secondary N) is 2. The number of nitrogens with zero attached hydrogens (tertiary/aromatic N) is 1. The van der Waals surface area contributed by atoms with Crippen molar-refractivity contribution in [1.82, 2.24) is 10.6 Å². The van der Waals surface area contributed by atoms with Crippen molar-refractivity contribution in [2.24, 2.45) is 4.99 Å². The quantitative estimate of drug-likeness (QED) is 0.147. The zero-order valence-electron chi connectivity index (χ0n) is 14.4. The van der Waals surface area contributed by atoms with E-state index in [9.17, 15) is 4.79 Å². The van der Waals surface area contributed by atoms with Gasteiger partial charge in [-0.05, 0) is 0 Å². The summed E-state index contributed by atoms with van der Waals surface area (Å²) in [6.45, 7) is 0.323. The second-order valence-corrected chi connectivity index (χ2v) is 9.17. The molecule has 1 atom stereocenters. The standard InChI is InChI=1S/C19H16Cl4N3OSe/c20-15-9-5-4-8-14(15)12-24-18(28)26-17(19(21,22)23)25-16(27)11-10-13-6-2-1-3-7-13/h1-11,17H,12H2,(H,24,26)(H,25,27)/b11-10+. The molecular formula is C19H16Cl4N3OSe. The van der Waals surface area contributed by atoms with Gasteiger partial charge in [-0.2, -0.15) is 0 Å². The van der Waals surface area contributed by atoms with Gasteiger partial charge in [0.25, 0.3) is 0 Å². The van der Waals surface area contributed by atoms with Gasteiger partial charge in [0, 0.05) is 0 Å². The van der Waals surface area contributed by atoms with Crippen LogP contribution in [0.25, 0.3) is 6.08 Å². The number of halogens is 4. The predicted octanol–water partition coefficient (Wildman–Crippen LogP) is 4.48. The van der Waals surface area contributed by atoms with Gasteiger partial charge < -0.3 is 0 Å². The molecule has 2 N–H and O–H groups in total. The SMILES string of the molecule is O=C(/C=C/c1ccccc1)NC(NC([Se])=NCc1ccccc1Cl)C(Cl)(Cl)Cl. The van der Waals surface area contributed by atoms with Crippen LogP contribution in [0, 0.1) is 0 Å². The van der Waals surface area contributed by atoms with E-state index >= 15 is 0 Å². The van der Waals surface area contributed by atoms with Crippen molar-refractivity contribution < 1.29 is 4.79 Å². The van der Waals surface area contributed by atoms with Gasteiger partial charge >= 0.3 is 193 Å². The summed E-state index contributed by atoms with van der Waals surface area (Å²) in [4.78, 5) is 16.5. The summed E-state index contributed by atoms with van der Waals surface area (Å²) in [6.07, 6.45) is 2.02. The molecule has 1 amide bonds. The fourth-order valence-corrected chi connectivity index (χ4v) is 2.98. The normalized spacial score (nSPS) is 13.4. The minimum atomic E-state index is -1.80. The van der Waals surface area contributed by atoms with E-state index < -0.39 is 15.9 Å². The third-order valence-corrected chi connectivity index (χ3v) is 5.00. The molecule has 1 radical (unpaired) electrons. The first-order valence-corrected chi connectivity index (χ1v) is 10.4. The number of benzene rings is 2. The summed E-state index contributed by atoms with van der Waals surface area (Å²) >= 11 is 26.8. The molecule has 0 aromatic heterocycles. The fraction of sp³-hybridized carbons (Fsp3) is 0.158. The molecule has 0 saturated carbocycles. The van der Waals surface area contributed by atoms with Crippen molar-refractivity contribution in [3.63, 3.8) is 0 Å². The summed E-state index contributed by atoms with van der Waals surface area (Å²) in [6, 6.07) is 16.7. The van der Waals surface area contributed by atoms with Crippen molar-refractivity contribution in [3.05, 3.63) is 76.8 Å². The first kappa shape index (κ1) is 23.1. The number of rotatable bonds is 6. The summed E-state index contributed by atoms with van der Waals surface area (Å²) < 4.78 is -1.44. The van der Waals surface area contributed by atoms with Crippen molar-refractivity contribution in [2.45, 2.75) is 16.5 Å². The number of carbonyl (C=O) groups is 1.